The van der Waals surface area contributed by atoms with Crippen molar-refractivity contribution in [2.75, 3.05) is 37.4 Å². The number of ether oxygens (including phenoxy) is 1. The molecule has 3 rings (SSSR count). The van der Waals surface area contributed by atoms with Crippen molar-refractivity contribution in [1.82, 2.24) is 14.8 Å². The third kappa shape index (κ3) is 4.84. The minimum absolute atomic E-state index is 0.0402. The van der Waals surface area contributed by atoms with Crippen LogP contribution in [0.25, 0.3) is 0 Å². The first kappa shape index (κ1) is 18.9. The summed E-state index contributed by atoms with van der Waals surface area (Å²) in [6.07, 6.45) is 0. The lowest BCUT2D eigenvalue weighted by molar-refractivity contribution is -0.922. The van der Waals surface area contributed by atoms with Gasteiger partial charge in [0.05, 0.1) is 19.0 Å². The highest BCUT2D eigenvalue weighted by Gasteiger charge is 2.19. The highest BCUT2D eigenvalue weighted by atomic mass is 32.2. The van der Waals surface area contributed by atoms with Crippen molar-refractivity contribution in [2.24, 2.45) is 7.05 Å². The summed E-state index contributed by atoms with van der Waals surface area (Å²) in [5.74, 6) is 1.21. The number of aryl methyl sites for hydroxylation is 2. The molecular formula is C18H26N5O2S+. The Hall–Kier alpha value is -1.90. The largest absolute Gasteiger partial charge is 0.370 e. The van der Waals surface area contributed by atoms with E-state index in [1.807, 2.05) is 36.7 Å². The summed E-state index contributed by atoms with van der Waals surface area (Å²) in [7, 11) is 1.96. The molecular weight excluding hydrogens is 350 g/mol. The molecule has 0 bridgehead atoms. The molecule has 8 heteroatoms. The van der Waals surface area contributed by atoms with Crippen LogP contribution < -0.4 is 10.2 Å². The standard InChI is InChI=1S/C18H25N5O2S/c1-13-4-5-15(10-14(13)2)19-17(24)12-26-18-21-20-16(22(18)3)11-23-6-8-25-9-7-23/h4-5,10H,6-9,11-12H2,1-3H3,(H,19,24)/p+1. The molecule has 1 fully saturated rings. The molecule has 1 aliphatic heterocycles. The molecule has 0 spiro atoms. The van der Waals surface area contributed by atoms with Crippen LogP contribution in [0.15, 0.2) is 23.4 Å². The number of carbonyl (C=O) groups is 1. The van der Waals surface area contributed by atoms with E-state index in [9.17, 15) is 4.79 Å². The van der Waals surface area contributed by atoms with E-state index in [-0.39, 0.29) is 5.91 Å². The molecule has 0 radical (unpaired) electrons. The predicted octanol–water partition coefficient (Wildman–Crippen LogP) is 0.578. The van der Waals surface area contributed by atoms with Gasteiger partial charge >= 0.3 is 0 Å². The number of thioether (sulfide) groups is 1. The first-order valence-corrected chi connectivity index (χ1v) is 9.81. The van der Waals surface area contributed by atoms with Gasteiger partial charge < -0.3 is 19.5 Å². The van der Waals surface area contributed by atoms with Crippen molar-refractivity contribution in [3.8, 4) is 0 Å². The number of hydrogen-bond donors (Lipinski definition) is 2. The summed E-state index contributed by atoms with van der Waals surface area (Å²) in [6.45, 7) is 8.52. The van der Waals surface area contributed by atoms with Crippen LogP contribution in [-0.4, -0.2) is 52.7 Å². The van der Waals surface area contributed by atoms with Crippen LogP contribution in [0.1, 0.15) is 17.0 Å². The van der Waals surface area contributed by atoms with Crippen LogP contribution >= 0.6 is 11.8 Å². The molecule has 2 N–H and O–H groups in total. The first-order chi connectivity index (χ1) is 12.5. The molecule has 1 saturated heterocycles. The van der Waals surface area contributed by atoms with Gasteiger partial charge in [0.1, 0.15) is 19.6 Å². The quantitative estimate of drug-likeness (QED) is 0.722. The van der Waals surface area contributed by atoms with E-state index in [0.29, 0.717) is 5.75 Å². The van der Waals surface area contributed by atoms with Crippen LogP contribution in [0.3, 0.4) is 0 Å². The van der Waals surface area contributed by atoms with Gasteiger partial charge in [-0.25, -0.2) is 0 Å². The van der Waals surface area contributed by atoms with Crippen molar-refractivity contribution in [1.29, 1.82) is 0 Å². The molecule has 1 aromatic carbocycles. The number of amides is 1. The van der Waals surface area contributed by atoms with E-state index in [0.717, 1.165) is 49.5 Å². The summed E-state index contributed by atoms with van der Waals surface area (Å²) in [6, 6.07) is 5.93. The van der Waals surface area contributed by atoms with Gasteiger partial charge in [0.2, 0.25) is 5.91 Å². The lowest BCUT2D eigenvalue weighted by Gasteiger charge is -2.23. The Bertz CT molecular complexity index is 771. The Kier molecular flexibility index (Phi) is 6.29. The summed E-state index contributed by atoms with van der Waals surface area (Å²) in [5.41, 5.74) is 3.21. The lowest BCUT2D eigenvalue weighted by atomic mass is 10.1. The van der Waals surface area contributed by atoms with Crippen molar-refractivity contribution in [3.05, 3.63) is 35.2 Å². The highest BCUT2D eigenvalue weighted by Crippen LogP contribution is 2.17. The average Bonchev–Trinajstić information content (AvgIpc) is 2.97. The molecule has 26 heavy (non-hydrogen) atoms. The number of carbonyl (C=O) groups excluding carboxylic acids is 1. The van der Waals surface area contributed by atoms with Gasteiger partial charge in [-0.2, -0.15) is 0 Å². The van der Waals surface area contributed by atoms with Gasteiger partial charge in [-0.1, -0.05) is 17.8 Å². The fraction of sp³-hybridized carbons (Fsp3) is 0.500. The average molecular weight is 377 g/mol. The Morgan fingerprint density at radius 2 is 2.04 bits per heavy atom. The summed E-state index contributed by atoms with van der Waals surface area (Å²) < 4.78 is 7.37. The molecule has 0 aliphatic carbocycles. The SMILES string of the molecule is Cc1ccc(NC(=O)CSc2nnc(C[NH+]3CCOCC3)n2C)cc1C. The number of anilines is 1. The monoisotopic (exact) mass is 376 g/mol. The lowest BCUT2D eigenvalue weighted by Crippen LogP contribution is -3.12. The Labute approximate surface area is 158 Å². The topological polar surface area (TPSA) is 73.5 Å². The molecule has 0 atom stereocenters. The van der Waals surface area contributed by atoms with Gasteiger partial charge in [0.25, 0.3) is 0 Å². The highest BCUT2D eigenvalue weighted by molar-refractivity contribution is 7.99. The van der Waals surface area contributed by atoms with E-state index >= 15 is 0 Å². The van der Waals surface area contributed by atoms with Gasteiger partial charge in [0, 0.05) is 12.7 Å². The van der Waals surface area contributed by atoms with Crippen LogP contribution in [0.4, 0.5) is 5.69 Å². The molecule has 1 amide bonds. The zero-order valence-electron chi connectivity index (χ0n) is 15.5. The van der Waals surface area contributed by atoms with Crippen LogP contribution in [0.5, 0.6) is 0 Å². The normalized spacial score (nSPS) is 15.2. The number of nitrogens with zero attached hydrogens (tertiary/aromatic N) is 3. The fourth-order valence-corrected chi connectivity index (χ4v) is 3.56. The number of quaternary nitrogens is 1. The van der Waals surface area contributed by atoms with Gasteiger partial charge in [0.15, 0.2) is 11.0 Å². The minimum Gasteiger partial charge on any atom is -0.370 e. The van der Waals surface area contributed by atoms with Crippen molar-refractivity contribution in [2.45, 2.75) is 25.5 Å². The molecule has 1 aliphatic rings. The maximum absolute atomic E-state index is 12.2. The van der Waals surface area contributed by atoms with E-state index in [1.165, 1.54) is 27.8 Å². The third-order valence-electron chi connectivity index (χ3n) is 4.66. The summed E-state index contributed by atoms with van der Waals surface area (Å²) >= 11 is 1.41. The number of aromatic nitrogens is 3. The Morgan fingerprint density at radius 1 is 1.27 bits per heavy atom. The van der Waals surface area contributed by atoms with Crippen LogP contribution in [0, 0.1) is 13.8 Å². The van der Waals surface area contributed by atoms with E-state index in [2.05, 4.69) is 22.4 Å². The van der Waals surface area contributed by atoms with Crippen LogP contribution in [-0.2, 0) is 23.1 Å². The number of benzene rings is 1. The van der Waals surface area contributed by atoms with Crippen molar-refractivity contribution in [3.63, 3.8) is 0 Å². The maximum atomic E-state index is 12.2. The molecule has 2 heterocycles. The number of hydrogen-bond acceptors (Lipinski definition) is 5. The molecule has 7 nitrogen and oxygen atoms in total. The molecule has 2 aromatic rings. The second-order valence-electron chi connectivity index (χ2n) is 6.63. The Balaban J connectivity index is 1.52. The third-order valence-corrected chi connectivity index (χ3v) is 5.68. The number of rotatable bonds is 6. The second-order valence-corrected chi connectivity index (χ2v) is 7.58. The van der Waals surface area contributed by atoms with E-state index in [4.69, 9.17) is 4.74 Å². The van der Waals surface area contributed by atoms with E-state index in [1.54, 1.807) is 0 Å². The Morgan fingerprint density at radius 3 is 2.77 bits per heavy atom. The maximum Gasteiger partial charge on any atom is 0.234 e. The fourth-order valence-electron chi connectivity index (χ4n) is 2.83. The smallest absolute Gasteiger partial charge is 0.234 e. The molecule has 0 saturated carbocycles. The minimum atomic E-state index is -0.0402. The molecule has 0 unspecified atom stereocenters. The van der Waals surface area contributed by atoms with Gasteiger partial charge in [-0.3, -0.25) is 4.79 Å². The van der Waals surface area contributed by atoms with Gasteiger partial charge in [-0.15, -0.1) is 10.2 Å². The predicted molar refractivity (Wildman–Crippen MR) is 101 cm³/mol. The summed E-state index contributed by atoms with van der Waals surface area (Å²) in [4.78, 5) is 13.7. The van der Waals surface area contributed by atoms with Crippen molar-refractivity contribution < 1.29 is 14.4 Å². The van der Waals surface area contributed by atoms with E-state index < -0.39 is 0 Å². The van der Waals surface area contributed by atoms with Crippen LogP contribution in [0.2, 0.25) is 0 Å². The zero-order chi connectivity index (χ0) is 18.5. The molecule has 140 valence electrons. The first-order valence-electron chi connectivity index (χ1n) is 8.82. The zero-order valence-corrected chi connectivity index (χ0v) is 16.4. The molecule has 1 aromatic heterocycles. The second kappa shape index (κ2) is 8.66. The summed E-state index contributed by atoms with van der Waals surface area (Å²) in [5, 5.41) is 12.2. The number of nitrogens with one attached hydrogen (secondary N) is 2. The van der Waals surface area contributed by atoms with Crippen molar-refractivity contribution >= 4 is 23.4 Å². The number of morpholine rings is 1. The van der Waals surface area contributed by atoms with Gasteiger partial charge in [-0.05, 0) is 37.1 Å².